The van der Waals surface area contributed by atoms with E-state index in [9.17, 15) is 9.18 Å². The number of thioether (sulfide) groups is 1. The number of hydrogen-bond acceptors (Lipinski definition) is 8. The first kappa shape index (κ1) is 19.1. The lowest BCUT2D eigenvalue weighted by Gasteiger charge is -2.02. The van der Waals surface area contributed by atoms with E-state index in [0.717, 1.165) is 30.9 Å². The van der Waals surface area contributed by atoms with E-state index < -0.39 is 0 Å². The standard InChI is InChI=1S/C19H13FN6OS3/c20-12-7-5-11(6-8-12)9-21-16(27)17-23-22-15(30-17)10-28-18-24-25-19-26(18)13-3-1-2-4-14(13)29-19/h1-8H,9-10H2,(H,21,27). The minimum atomic E-state index is -0.309. The molecule has 0 radical (unpaired) electrons. The van der Waals surface area contributed by atoms with Gasteiger partial charge in [-0.3, -0.25) is 9.20 Å². The van der Waals surface area contributed by atoms with E-state index >= 15 is 0 Å². The third-order valence-corrected chi connectivity index (χ3v) is 7.32. The van der Waals surface area contributed by atoms with E-state index in [2.05, 4.69) is 31.8 Å². The van der Waals surface area contributed by atoms with Crippen LogP contribution in [0.15, 0.2) is 53.7 Å². The summed E-state index contributed by atoms with van der Waals surface area (Å²) in [5.74, 6) is -0.0769. The van der Waals surface area contributed by atoms with Gasteiger partial charge >= 0.3 is 0 Å². The van der Waals surface area contributed by atoms with Gasteiger partial charge in [-0.2, -0.15) is 0 Å². The van der Waals surface area contributed by atoms with Crippen molar-refractivity contribution in [2.24, 2.45) is 0 Å². The Hall–Kier alpha value is -2.89. The Bertz CT molecular complexity index is 1340. The molecule has 5 aromatic rings. The summed E-state index contributed by atoms with van der Waals surface area (Å²) >= 11 is 4.34. The largest absolute Gasteiger partial charge is 0.346 e. The van der Waals surface area contributed by atoms with Crippen molar-refractivity contribution in [2.45, 2.75) is 17.5 Å². The molecule has 1 amide bonds. The van der Waals surface area contributed by atoms with E-state index in [1.807, 2.05) is 22.6 Å². The summed E-state index contributed by atoms with van der Waals surface area (Å²) in [5.41, 5.74) is 1.88. The highest BCUT2D eigenvalue weighted by Crippen LogP contribution is 2.31. The smallest absolute Gasteiger partial charge is 0.282 e. The Morgan fingerprint density at radius 2 is 1.87 bits per heavy atom. The van der Waals surface area contributed by atoms with Crippen molar-refractivity contribution in [3.63, 3.8) is 0 Å². The number of carbonyl (C=O) groups is 1. The number of aromatic nitrogens is 5. The maximum atomic E-state index is 13.0. The lowest BCUT2D eigenvalue weighted by atomic mass is 10.2. The normalized spacial score (nSPS) is 11.4. The van der Waals surface area contributed by atoms with Gasteiger partial charge in [-0.15, -0.1) is 20.4 Å². The molecule has 0 saturated heterocycles. The fourth-order valence-corrected chi connectivity index (χ4v) is 5.55. The summed E-state index contributed by atoms with van der Waals surface area (Å²) in [5, 5.41) is 21.2. The van der Waals surface area contributed by atoms with Crippen LogP contribution in [0.2, 0.25) is 0 Å². The number of rotatable bonds is 6. The van der Waals surface area contributed by atoms with Gasteiger partial charge in [-0.1, -0.05) is 58.7 Å². The van der Waals surface area contributed by atoms with Crippen LogP contribution in [-0.2, 0) is 12.3 Å². The van der Waals surface area contributed by atoms with Crippen LogP contribution in [0.5, 0.6) is 0 Å². The van der Waals surface area contributed by atoms with Crippen LogP contribution in [-0.4, -0.2) is 30.7 Å². The van der Waals surface area contributed by atoms with Crippen molar-refractivity contribution in [3.8, 4) is 0 Å². The quantitative estimate of drug-likeness (QED) is 0.386. The van der Waals surface area contributed by atoms with E-state index in [0.29, 0.717) is 17.3 Å². The molecule has 0 aliphatic carbocycles. The SMILES string of the molecule is O=C(NCc1ccc(F)cc1)c1nnc(CSc2nnc3sc4ccccc4n23)s1. The van der Waals surface area contributed by atoms with Crippen LogP contribution < -0.4 is 5.32 Å². The minimum absolute atomic E-state index is 0.292. The van der Waals surface area contributed by atoms with Crippen LogP contribution >= 0.6 is 34.4 Å². The molecule has 3 aromatic heterocycles. The zero-order chi connectivity index (χ0) is 20.5. The molecule has 3 heterocycles. The number of benzene rings is 2. The second-order valence-electron chi connectivity index (χ2n) is 6.27. The van der Waals surface area contributed by atoms with Gasteiger partial charge < -0.3 is 5.32 Å². The third kappa shape index (κ3) is 3.78. The lowest BCUT2D eigenvalue weighted by molar-refractivity contribution is 0.0950. The van der Waals surface area contributed by atoms with Gasteiger partial charge in [-0.05, 0) is 29.8 Å². The lowest BCUT2D eigenvalue weighted by Crippen LogP contribution is -2.22. The number of para-hydroxylation sites is 1. The maximum Gasteiger partial charge on any atom is 0.282 e. The summed E-state index contributed by atoms with van der Waals surface area (Å²) in [7, 11) is 0. The zero-order valence-corrected chi connectivity index (χ0v) is 17.7. The Morgan fingerprint density at radius 3 is 2.73 bits per heavy atom. The van der Waals surface area contributed by atoms with Crippen molar-refractivity contribution in [2.75, 3.05) is 0 Å². The van der Waals surface area contributed by atoms with Gasteiger partial charge in [0.2, 0.25) is 9.97 Å². The Balaban J connectivity index is 1.24. The van der Waals surface area contributed by atoms with Gasteiger partial charge in [0.05, 0.1) is 16.0 Å². The summed E-state index contributed by atoms with van der Waals surface area (Å²) in [4.78, 5) is 13.2. The molecule has 5 rings (SSSR count). The summed E-state index contributed by atoms with van der Waals surface area (Å²) in [6.45, 7) is 0.297. The molecule has 150 valence electrons. The van der Waals surface area contributed by atoms with E-state index in [-0.39, 0.29) is 11.7 Å². The minimum Gasteiger partial charge on any atom is -0.346 e. The molecule has 0 bridgehead atoms. The number of fused-ring (bicyclic) bond motifs is 3. The molecule has 1 N–H and O–H groups in total. The number of hydrogen-bond donors (Lipinski definition) is 1. The fraction of sp³-hybridized carbons (Fsp3) is 0.105. The van der Waals surface area contributed by atoms with Crippen LogP contribution in [0.1, 0.15) is 20.4 Å². The number of nitrogens with zero attached hydrogens (tertiary/aromatic N) is 5. The third-order valence-electron chi connectivity index (χ3n) is 4.26. The molecule has 7 nitrogen and oxygen atoms in total. The molecule has 0 saturated carbocycles. The van der Waals surface area contributed by atoms with Gasteiger partial charge in [0.25, 0.3) is 5.91 Å². The monoisotopic (exact) mass is 456 g/mol. The molecule has 30 heavy (non-hydrogen) atoms. The maximum absolute atomic E-state index is 13.0. The van der Waals surface area contributed by atoms with Crippen molar-refractivity contribution < 1.29 is 9.18 Å². The molecule has 0 aliphatic rings. The van der Waals surface area contributed by atoms with Crippen LogP contribution in [0.4, 0.5) is 4.39 Å². The number of carbonyl (C=O) groups excluding carboxylic acids is 1. The first-order valence-corrected chi connectivity index (χ1v) is 11.5. The second-order valence-corrected chi connectivity index (χ2v) is 9.28. The summed E-state index contributed by atoms with van der Waals surface area (Å²) in [6, 6.07) is 14.1. The molecule has 11 heteroatoms. The molecular weight excluding hydrogens is 443 g/mol. The van der Waals surface area contributed by atoms with Gasteiger partial charge in [0, 0.05) is 6.54 Å². The highest BCUT2D eigenvalue weighted by atomic mass is 32.2. The molecule has 2 aromatic carbocycles. The van der Waals surface area contributed by atoms with Crippen molar-refractivity contribution in [3.05, 3.63) is 69.9 Å². The predicted octanol–water partition coefficient (Wildman–Crippen LogP) is 4.16. The van der Waals surface area contributed by atoms with Gasteiger partial charge in [0.15, 0.2) is 5.16 Å². The topological polar surface area (TPSA) is 85.1 Å². The van der Waals surface area contributed by atoms with Crippen LogP contribution in [0.3, 0.4) is 0 Å². The summed E-state index contributed by atoms with van der Waals surface area (Å²) in [6.07, 6.45) is 0. The fourth-order valence-electron chi connectivity index (χ4n) is 2.84. The number of nitrogens with one attached hydrogen (secondary N) is 1. The zero-order valence-electron chi connectivity index (χ0n) is 15.3. The predicted molar refractivity (Wildman–Crippen MR) is 115 cm³/mol. The molecular formula is C19H13FN6OS3. The van der Waals surface area contributed by atoms with Crippen LogP contribution in [0.25, 0.3) is 15.2 Å². The van der Waals surface area contributed by atoms with Gasteiger partial charge in [-0.25, -0.2) is 4.39 Å². The van der Waals surface area contributed by atoms with Crippen LogP contribution in [0, 0.1) is 5.82 Å². The molecule has 0 aliphatic heterocycles. The Morgan fingerprint density at radius 1 is 1.03 bits per heavy atom. The van der Waals surface area contributed by atoms with E-state index in [1.54, 1.807) is 23.5 Å². The first-order chi connectivity index (χ1) is 14.7. The number of thiazole rings is 1. The molecule has 0 atom stereocenters. The first-order valence-electron chi connectivity index (χ1n) is 8.88. The Kier molecular flexibility index (Phi) is 5.15. The van der Waals surface area contributed by atoms with Crippen molar-refractivity contribution in [1.82, 2.24) is 30.1 Å². The number of amides is 1. The summed E-state index contributed by atoms with van der Waals surface area (Å²) < 4.78 is 16.1. The second kappa shape index (κ2) is 8.09. The average molecular weight is 457 g/mol. The average Bonchev–Trinajstić information content (AvgIpc) is 3.47. The van der Waals surface area contributed by atoms with E-state index in [4.69, 9.17) is 0 Å². The highest BCUT2D eigenvalue weighted by molar-refractivity contribution is 7.98. The molecule has 0 fully saturated rings. The highest BCUT2D eigenvalue weighted by Gasteiger charge is 2.16. The van der Waals surface area contributed by atoms with Gasteiger partial charge in [0.1, 0.15) is 10.8 Å². The Labute approximate surface area is 182 Å². The van der Waals surface area contributed by atoms with E-state index in [1.165, 1.54) is 35.2 Å². The molecule has 0 spiro atoms. The van der Waals surface area contributed by atoms with Crippen molar-refractivity contribution in [1.29, 1.82) is 0 Å². The van der Waals surface area contributed by atoms with Crippen molar-refractivity contribution >= 4 is 55.5 Å². The molecule has 0 unspecified atom stereocenters. The number of halogens is 1.